The van der Waals surface area contributed by atoms with Crippen LogP contribution in [-0.2, 0) is 11.3 Å². The van der Waals surface area contributed by atoms with Crippen molar-refractivity contribution in [1.82, 2.24) is 10.3 Å². The summed E-state index contributed by atoms with van der Waals surface area (Å²) in [5.74, 6) is 0. The molecule has 0 radical (unpaired) electrons. The Morgan fingerprint density at radius 2 is 2.25 bits per heavy atom. The molecule has 4 nitrogen and oxygen atoms in total. The topological polar surface area (TPSA) is 54.4 Å². The summed E-state index contributed by atoms with van der Waals surface area (Å²) in [6, 6.07) is 2.09. The number of thiophene rings is 1. The highest BCUT2D eigenvalue weighted by Crippen LogP contribution is 2.27. The lowest BCUT2D eigenvalue weighted by atomic mass is 9.94. The summed E-state index contributed by atoms with van der Waals surface area (Å²) in [6.07, 6.45) is 3.34. The zero-order valence-electron chi connectivity index (χ0n) is 11.2. The largest absolute Gasteiger partial charge is 0.388 e. The van der Waals surface area contributed by atoms with E-state index in [1.807, 2.05) is 6.20 Å². The number of hydrogen-bond acceptors (Lipinski definition) is 6. The van der Waals surface area contributed by atoms with Gasteiger partial charge in [-0.05, 0) is 11.4 Å². The van der Waals surface area contributed by atoms with E-state index in [9.17, 15) is 5.11 Å². The molecule has 20 heavy (non-hydrogen) atoms. The molecule has 1 saturated heterocycles. The summed E-state index contributed by atoms with van der Waals surface area (Å²) in [5, 5.41) is 18.9. The normalized spacial score (nSPS) is 18.2. The van der Waals surface area contributed by atoms with E-state index < -0.39 is 5.60 Å². The van der Waals surface area contributed by atoms with Gasteiger partial charge in [0.2, 0.25) is 0 Å². The molecular weight excluding hydrogens is 292 g/mol. The van der Waals surface area contributed by atoms with Gasteiger partial charge in [-0.25, -0.2) is 4.98 Å². The molecule has 3 heterocycles. The van der Waals surface area contributed by atoms with Crippen molar-refractivity contribution in [2.45, 2.75) is 25.0 Å². The zero-order valence-corrected chi connectivity index (χ0v) is 12.8. The minimum Gasteiger partial charge on any atom is -0.388 e. The van der Waals surface area contributed by atoms with Crippen LogP contribution in [0.15, 0.2) is 23.0 Å². The van der Waals surface area contributed by atoms with E-state index in [-0.39, 0.29) is 0 Å². The first-order chi connectivity index (χ1) is 9.75. The molecule has 3 rings (SSSR count). The molecular formula is C14H18N2O2S2. The van der Waals surface area contributed by atoms with Gasteiger partial charge in [-0.2, -0.15) is 11.3 Å². The van der Waals surface area contributed by atoms with Gasteiger partial charge < -0.3 is 15.2 Å². The number of aliphatic hydroxyl groups is 1. The Morgan fingerprint density at radius 3 is 3.00 bits per heavy atom. The van der Waals surface area contributed by atoms with E-state index in [4.69, 9.17) is 4.74 Å². The van der Waals surface area contributed by atoms with Crippen LogP contribution in [0.3, 0.4) is 0 Å². The molecule has 1 aliphatic rings. The Hall–Kier alpha value is -0.790. The zero-order chi connectivity index (χ0) is 13.8. The lowest BCUT2D eigenvalue weighted by molar-refractivity contribution is -0.0616. The summed E-state index contributed by atoms with van der Waals surface area (Å²) in [7, 11) is 0. The van der Waals surface area contributed by atoms with Gasteiger partial charge in [-0.3, -0.25) is 0 Å². The molecule has 0 saturated carbocycles. The average Bonchev–Trinajstić information content (AvgIpc) is 3.09. The molecule has 0 unspecified atom stereocenters. The van der Waals surface area contributed by atoms with Crippen molar-refractivity contribution in [3.63, 3.8) is 0 Å². The van der Waals surface area contributed by atoms with E-state index in [0.29, 0.717) is 32.6 Å². The Balaban J connectivity index is 1.51. The summed E-state index contributed by atoms with van der Waals surface area (Å²) >= 11 is 3.39. The van der Waals surface area contributed by atoms with Crippen molar-refractivity contribution in [3.05, 3.63) is 27.9 Å². The van der Waals surface area contributed by atoms with Crippen LogP contribution in [-0.4, -0.2) is 35.5 Å². The van der Waals surface area contributed by atoms with Crippen LogP contribution in [0, 0.1) is 0 Å². The van der Waals surface area contributed by atoms with E-state index >= 15 is 0 Å². The van der Waals surface area contributed by atoms with Gasteiger partial charge in [0.25, 0.3) is 0 Å². The molecule has 2 aromatic rings. The van der Waals surface area contributed by atoms with E-state index in [1.165, 1.54) is 10.4 Å². The maximum absolute atomic E-state index is 10.4. The fraction of sp³-hybridized carbons (Fsp3) is 0.500. The molecule has 1 fully saturated rings. The molecule has 0 spiro atoms. The Morgan fingerprint density at radius 1 is 1.40 bits per heavy atom. The lowest BCUT2D eigenvalue weighted by Crippen LogP contribution is -2.44. The number of nitrogens with zero attached hydrogens (tertiary/aromatic N) is 1. The first-order valence-electron chi connectivity index (χ1n) is 6.73. The quantitative estimate of drug-likeness (QED) is 0.891. The van der Waals surface area contributed by atoms with Crippen molar-refractivity contribution in [3.8, 4) is 10.6 Å². The van der Waals surface area contributed by atoms with Crippen LogP contribution in [0.5, 0.6) is 0 Å². The fourth-order valence-corrected chi connectivity index (χ4v) is 3.85. The van der Waals surface area contributed by atoms with Crippen LogP contribution in [0.2, 0.25) is 0 Å². The van der Waals surface area contributed by atoms with E-state index in [2.05, 4.69) is 27.1 Å². The number of hydrogen-bond donors (Lipinski definition) is 2. The molecule has 6 heteroatoms. The summed E-state index contributed by atoms with van der Waals surface area (Å²) < 4.78 is 5.28. The minimum absolute atomic E-state index is 0.612. The molecule has 0 amide bonds. The van der Waals surface area contributed by atoms with Crippen LogP contribution < -0.4 is 5.32 Å². The predicted octanol–water partition coefficient (Wildman–Crippen LogP) is 2.50. The maximum atomic E-state index is 10.4. The molecule has 108 valence electrons. The number of aromatic nitrogens is 1. The van der Waals surface area contributed by atoms with Crippen molar-refractivity contribution in [2.75, 3.05) is 19.8 Å². The number of rotatable bonds is 5. The van der Waals surface area contributed by atoms with Gasteiger partial charge in [-0.1, -0.05) is 0 Å². The first-order valence-corrected chi connectivity index (χ1v) is 8.49. The second-order valence-electron chi connectivity index (χ2n) is 5.08. The van der Waals surface area contributed by atoms with Crippen LogP contribution in [0.25, 0.3) is 10.6 Å². The molecule has 0 atom stereocenters. The summed E-state index contributed by atoms with van der Waals surface area (Å²) in [6.45, 7) is 2.68. The third kappa shape index (κ3) is 3.45. The minimum atomic E-state index is -0.612. The van der Waals surface area contributed by atoms with Crippen LogP contribution in [0.4, 0.5) is 0 Å². The Kier molecular flexibility index (Phi) is 4.48. The predicted molar refractivity (Wildman–Crippen MR) is 82.1 cm³/mol. The highest BCUT2D eigenvalue weighted by Gasteiger charge is 2.29. The molecule has 2 aromatic heterocycles. The third-order valence-electron chi connectivity index (χ3n) is 3.50. The lowest BCUT2D eigenvalue weighted by Gasteiger charge is -2.32. The van der Waals surface area contributed by atoms with Gasteiger partial charge >= 0.3 is 0 Å². The maximum Gasteiger partial charge on any atom is 0.124 e. The summed E-state index contributed by atoms with van der Waals surface area (Å²) in [5.41, 5.74) is 0.577. The summed E-state index contributed by atoms with van der Waals surface area (Å²) in [4.78, 5) is 5.64. The second kappa shape index (κ2) is 6.32. The van der Waals surface area contributed by atoms with Crippen molar-refractivity contribution in [1.29, 1.82) is 0 Å². The smallest absolute Gasteiger partial charge is 0.124 e. The first kappa shape index (κ1) is 14.2. The third-order valence-corrected chi connectivity index (χ3v) is 5.23. The molecule has 0 aliphatic carbocycles. The van der Waals surface area contributed by atoms with Gasteiger partial charge in [-0.15, -0.1) is 11.3 Å². The number of nitrogens with one attached hydrogen (secondary N) is 1. The van der Waals surface area contributed by atoms with Gasteiger partial charge in [0.1, 0.15) is 5.01 Å². The molecule has 2 N–H and O–H groups in total. The van der Waals surface area contributed by atoms with Crippen molar-refractivity contribution in [2.24, 2.45) is 0 Å². The average molecular weight is 310 g/mol. The molecule has 0 aromatic carbocycles. The SMILES string of the molecule is OC1(CNCc2cnc(-c3ccsc3)s2)CCOCC1. The Labute approximate surface area is 126 Å². The standard InChI is InChI=1S/C14H18N2O2S2/c17-14(2-4-18-5-3-14)10-15-7-12-8-16-13(20-12)11-1-6-19-9-11/h1,6,8-9,15,17H,2-5,7,10H2. The Bertz CT molecular complexity index is 533. The van der Waals surface area contributed by atoms with E-state index in [0.717, 1.165) is 11.6 Å². The fourth-order valence-electron chi connectivity index (χ4n) is 2.26. The van der Waals surface area contributed by atoms with Crippen molar-refractivity contribution < 1.29 is 9.84 Å². The van der Waals surface area contributed by atoms with E-state index in [1.54, 1.807) is 22.7 Å². The van der Waals surface area contributed by atoms with Gasteiger partial charge in [0.15, 0.2) is 0 Å². The van der Waals surface area contributed by atoms with Gasteiger partial charge in [0.05, 0.1) is 5.60 Å². The van der Waals surface area contributed by atoms with Crippen molar-refractivity contribution >= 4 is 22.7 Å². The molecule has 0 bridgehead atoms. The van der Waals surface area contributed by atoms with Crippen LogP contribution in [0.1, 0.15) is 17.7 Å². The van der Waals surface area contributed by atoms with Gasteiger partial charge in [0, 0.05) is 61.2 Å². The second-order valence-corrected chi connectivity index (χ2v) is 6.98. The number of thiazole rings is 1. The highest BCUT2D eigenvalue weighted by molar-refractivity contribution is 7.15. The van der Waals surface area contributed by atoms with Crippen LogP contribution >= 0.6 is 22.7 Å². The highest BCUT2D eigenvalue weighted by atomic mass is 32.1. The monoisotopic (exact) mass is 310 g/mol. The number of ether oxygens (including phenoxy) is 1. The molecule has 1 aliphatic heterocycles.